The van der Waals surface area contributed by atoms with Crippen LogP contribution >= 0.6 is 0 Å². The molecule has 8 nitrogen and oxygen atoms in total. The standard InChI is InChI=1S/C10H17N3O5/c1-11-9(16)7-3-2-4-13(5-7)10(17)12-18-6-8(14)15/h7H,2-6H2,1H3,(H,11,16)(H,12,17)(H,14,15). The number of nitrogens with zero attached hydrogens (tertiary/aromatic N) is 1. The van der Waals surface area contributed by atoms with E-state index in [9.17, 15) is 14.4 Å². The maximum Gasteiger partial charge on any atom is 0.341 e. The van der Waals surface area contributed by atoms with Crippen LogP contribution in [0.1, 0.15) is 12.8 Å². The van der Waals surface area contributed by atoms with Gasteiger partial charge in [-0.1, -0.05) is 0 Å². The number of carbonyl (C=O) groups is 3. The summed E-state index contributed by atoms with van der Waals surface area (Å²) in [6.45, 7) is 0.232. The Morgan fingerprint density at radius 1 is 1.44 bits per heavy atom. The summed E-state index contributed by atoms with van der Waals surface area (Å²) >= 11 is 0. The molecule has 1 aliphatic rings. The van der Waals surface area contributed by atoms with E-state index in [1.54, 1.807) is 7.05 Å². The van der Waals surface area contributed by atoms with Gasteiger partial charge in [0, 0.05) is 20.1 Å². The van der Waals surface area contributed by atoms with Crippen LogP contribution in [0.5, 0.6) is 0 Å². The van der Waals surface area contributed by atoms with Crippen LogP contribution in [-0.2, 0) is 14.4 Å². The molecule has 8 heteroatoms. The van der Waals surface area contributed by atoms with E-state index >= 15 is 0 Å². The Morgan fingerprint density at radius 3 is 2.78 bits per heavy atom. The van der Waals surface area contributed by atoms with Gasteiger partial charge in [0.15, 0.2) is 6.61 Å². The number of carbonyl (C=O) groups excluding carboxylic acids is 2. The molecule has 0 spiro atoms. The first-order valence-electron chi connectivity index (χ1n) is 5.64. The van der Waals surface area contributed by atoms with Gasteiger partial charge in [0.25, 0.3) is 0 Å². The second kappa shape index (κ2) is 6.80. The largest absolute Gasteiger partial charge is 0.479 e. The average Bonchev–Trinajstić information content (AvgIpc) is 2.37. The molecule has 0 aromatic carbocycles. The van der Waals surface area contributed by atoms with Gasteiger partial charge in [-0.2, -0.15) is 0 Å². The Balaban J connectivity index is 2.38. The summed E-state index contributed by atoms with van der Waals surface area (Å²) in [6, 6.07) is -0.523. The molecule has 0 bridgehead atoms. The molecule has 0 radical (unpaired) electrons. The predicted octanol–water partition coefficient (Wildman–Crippen LogP) is -0.830. The highest BCUT2D eigenvalue weighted by Gasteiger charge is 2.27. The molecular formula is C10H17N3O5. The number of hydroxylamine groups is 1. The highest BCUT2D eigenvalue weighted by molar-refractivity contribution is 5.80. The first kappa shape index (κ1) is 14.2. The fourth-order valence-corrected chi connectivity index (χ4v) is 1.80. The maximum atomic E-state index is 11.6. The number of aliphatic carboxylic acids is 1. The molecule has 102 valence electrons. The van der Waals surface area contributed by atoms with Gasteiger partial charge < -0.3 is 15.3 Å². The molecule has 1 heterocycles. The van der Waals surface area contributed by atoms with Crippen LogP contribution in [-0.4, -0.2) is 54.7 Å². The zero-order valence-corrected chi connectivity index (χ0v) is 10.1. The van der Waals surface area contributed by atoms with E-state index in [1.807, 2.05) is 5.48 Å². The Labute approximate surface area is 104 Å². The topological polar surface area (TPSA) is 108 Å². The number of nitrogens with one attached hydrogen (secondary N) is 2. The van der Waals surface area contributed by atoms with Crippen molar-refractivity contribution in [1.29, 1.82) is 0 Å². The molecule has 1 fully saturated rings. The minimum atomic E-state index is -1.17. The summed E-state index contributed by atoms with van der Waals surface area (Å²) < 4.78 is 0. The third kappa shape index (κ3) is 4.21. The second-order valence-corrected chi connectivity index (χ2v) is 3.99. The second-order valence-electron chi connectivity index (χ2n) is 3.99. The number of hydrogen-bond donors (Lipinski definition) is 3. The molecule has 3 N–H and O–H groups in total. The van der Waals surface area contributed by atoms with Crippen molar-refractivity contribution < 1.29 is 24.3 Å². The number of amides is 3. The van der Waals surface area contributed by atoms with Crippen LogP contribution in [0.4, 0.5) is 4.79 Å². The SMILES string of the molecule is CNC(=O)C1CCCN(C(=O)NOCC(=O)O)C1. The van der Waals surface area contributed by atoms with E-state index in [4.69, 9.17) is 5.11 Å². The first-order valence-corrected chi connectivity index (χ1v) is 5.64. The quantitative estimate of drug-likeness (QED) is 0.571. The molecule has 1 atom stereocenters. The molecule has 0 saturated carbocycles. The molecule has 18 heavy (non-hydrogen) atoms. The Kier molecular flexibility index (Phi) is 5.37. The van der Waals surface area contributed by atoms with E-state index in [-0.39, 0.29) is 11.8 Å². The molecule has 1 saturated heterocycles. The normalized spacial score (nSPS) is 19.2. The minimum Gasteiger partial charge on any atom is -0.479 e. The van der Waals surface area contributed by atoms with Crippen LogP contribution < -0.4 is 10.8 Å². The Bertz CT molecular complexity index is 333. The molecule has 0 aromatic heterocycles. The third-order valence-corrected chi connectivity index (χ3v) is 2.68. The number of urea groups is 1. The highest BCUT2D eigenvalue weighted by atomic mass is 16.7. The van der Waals surface area contributed by atoms with Crippen molar-refractivity contribution in [2.45, 2.75) is 12.8 Å². The number of likely N-dealkylation sites (tertiary alicyclic amines) is 1. The van der Waals surface area contributed by atoms with Crippen molar-refractivity contribution in [3.63, 3.8) is 0 Å². The van der Waals surface area contributed by atoms with Crippen molar-refractivity contribution in [2.75, 3.05) is 26.7 Å². The maximum absolute atomic E-state index is 11.6. The van der Waals surface area contributed by atoms with Crippen molar-refractivity contribution in [3.05, 3.63) is 0 Å². The number of rotatable bonds is 4. The molecule has 1 aliphatic heterocycles. The van der Waals surface area contributed by atoms with E-state index in [1.165, 1.54) is 4.90 Å². The van der Waals surface area contributed by atoms with Crippen molar-refractivity contribution >= 4 is 17.9 Å². The van der Waals surface area contributed by atoms with Gasteiger partial charge >= 0.3 is 12.0 Å². The van der Waals surface area contributed by atoms with E-state index in [0.29, 0.717) is 13.1 Å². The van der Waals surface area contributed by atoms with Gasteiger partial charge in [-0.3, -0.25) is 9.63 Å². The monoisotopic (exact) mass is 259 g/mol. The zero-order chi connectivity index (χ0) is 13.5. The highest BCUT2D eigenvalue weighted by Crippen LogP contribution is 2.16. The van der Waals surface area contributed by atoms with Crippen molar-refractivity contribution in [3.8, 4) is 0 Å². The van der Waals surface area contributed by atoms with E-state index < -0.39 is 18.6 Å². The van der Waals surface area contributed by atoms with Crippen LogP contribution in [0.15, 0.2) is 0 Å². The first-order chi connectivity index (χ1) is 8.54. The van der Waals surface area contributed by atoms with E-state index in [2.05, 4.69) is 10.2 Å². The average molecular weight is 259 g/mol. The Morgan fingerprint density at radius 2 is 2.17 bits per heavy atom. The van der Waals surface area contributed by atoms with Gasteiger partial charge in [-0.25, -0.2) is 15.1 Å². The van der Waals surface area contributed by atoms with Crippen molar-refractivity contribution in [1.82, 2.24) is 15.7 Å². The van der Waals surface area contributed by atoms with Crippen LogP contribution in [0.2, 0.25) is 0 Å². The van der Waals surface area contributed by atoms with Gasteiger partial charge in [0.05, 0.1) is 5.92 Å². The zero-order valence-electron chi connectivity index (χ0n) is 10.1. The summed E-state index contributed by atoms with van der Waals surface area (Å²) in [5, 5.41) is 10.9. The van der Waals surface area contributed by atoms with E-state index in [0.717, 1.165) is 12.8 Å². The molecular weight excluding hydrogens is 242 g/mol. The summed E-state index contributed by atoms with van der Waals surface area (Å²) in [4.78, 5) is 39.2. The van der Waals surface area contributed by atoms with Crippen LogP contribution in [0.25, 0.3) is 0 Å². The third-order valence-electron chi connectivity index (χ3n) is 2.68. The van der Waals surface area contributed by atoms with Gasteiger partial charge in [0.1, 0.15) is 0 Å². The van der Waals surface area contributed by atoms with Gasteiger partial charge in [-0.05, 0) is 12.8 Å². The molecule has 1 rings (SSSR count). The summed E-state index contributed by atoms with van der Waals surface area (Å²) in [7, 11) is 1.55. The minimum absolute atomic E-state index is 0.0982. The number of carboxylic acid groups (broad SMARTS) is 1. The molecule has 0 aromatic rings. The van der Waals surface area contributed by atoms with Crippen molar-refractivity contribution in [2.24, 2.45) is 5.92 Å². The fraction of sp³-hybridized carbons (Fsp3) is 0.700. The molecule has 0 aliphatic carbocycles. The van der Waals surface area contributed by atoms with Crippen LogP contribution in [0.3, 0.4) is 0 Å². The summed E-state index contributed by atoms with van der Waals surface area (Å²) in [5.74, 6) is -1.50. The predicted molar refractivity (Wildman–Crippen MR) is 60.5 cm³/mol. The smallest absolute Gasteiger partial charge is 0.341 e. The summed E-state index contributed by atoms with van der Waals surface area (Å²) in [5.41, 5.74) is 2.04. The van der Waals surface area contributed by atoms with Gasteiger partial charge in [0.2, 0.25) is 5.91 Å². The van der Waals surface area contributed by atoms with Gasteiger partial charge in [-0.15, -0.1) is 0 Å². The summed E-state index contributed by atoms with van der Waals surface area (Å²) in [6.07, 6.45) is 1.46. The number of carboxylic acids is 1. The Hall–Kier alpha value is -1.83. The lowest BCUT2D eigenvalue weighted by Gasteiger charge is -2.31. The van der Waals surface area contributed by atoms with Crippen LogP contribution in [0, 0.1) is 5.92 Å². The molecule has 3 amide bonds. The lowest BCUT2D eigenvalue weighted by molar-refractivity contribution is -0.144. The lowest BCUT2D eigenvalue weighted by Crippen LogP contribution is -2.48. The lowest BCUT2D eigenvalue weighted by atomic mass is 9.97. The molecule has 1 unspecified atom stereocenters. The number of piperidine rings is 1. The number of hydrogen-bond acceptors (Lipinski definition) is 4. The fourth-order valence-electron chi connectivity index (χ4n) is 1.80.